The first kappa shape index (κ1) is 29.1. The predicted molar refractivity (Wildman–Crippen MR) is 151 cm³/mol. The Hall–Kier alpha value is -1.94. The third-order valence-electron chi connectivity index (χ3n) is 6.43. The van der Waals surface area contributed by atoms with Gasteiger partial charge >= 0.3 is 8.60 Å². The van der Waals surface area contributed by atoms with E-state index < -0.39 is 14.8 Å². The number of fused-ring (bicyclic) bond motifs is 1. The Morgan fingerprint density at radius 2 is 1.82 bits per heavy atom. The number of piperazine rings is 1. The van der Waals surface area contributed by atoms with Gasteiger partial charge in [0.1, 0.15) is 12.0 Å². The molecule has 12 heteroatoms. The quantitative estimate of drug-likeness (QED) is 0.127. The van der Waals surface area contributed by atoms with E-state index >= 15 is 0 Å². The molecule has 0 bridgehead atoms. The van der Waals surface area contributed by atoms with Gasteiger partial charge in [-0.05, 0) is 62.0 Å². The van der Waals surface area contributed by atoms with E-state index in [9.17, 15) is 9.69 Å². The van der Waals surface area contributed by atoms with Crippen LogP contribution >= 0.6 is 31.8 Å². The van der Waals surface area contributed by atoms with Crippen molar-refractivity contribution in [3.63, 3.8) is 0 Å². The molecule has 0 saturated carbocycles. The number of aromatic nitrogens is 1. The molecule has 1 aliphatic rings. The van der Waals surface area contributed by atoms with Crippen LogP contribution in [-0.4, -0.2) is 60.8 Å². The lowest BCUT2D eigenvalue weighted by atomic mass is 10.2. The number of benzene rings is 2. The van der Waals surface area contributed by atoms with E-state index in [4.69, 9.17) is 32.5 Å². The molecule has 0 amide bonds. The lowest BCUT2D eigenvalue weighted by Crippen LogP contribution is -2.46. The van der Waals surface area contributed by atoms with Gasteiger partial charge in [-0.25, -0.2) is 4.89 Å². The Kier molecular flexibility index (Phi) is 10.6. The Labute approximate surface area is 233 Å². The van der Waals surface area contributed by atoms with Crippen molar-refractivity contribution >= 4 is 48.4 Å². The van der Waals surface area contributed by atoms with Crippen LogP contribution in [0.3, 0.4) is 0 Å². The van der Waals surface area contributed by atoms with Gasteiger partial charge in [0.2, 0.25) is 0 Å². The summed E-state index contributed by atoms with van der Waals surface area (Å²) in [6, 6.07) is 14.6. The number of unbranched alkanes of at least 4 members (excludes halogenated alkanes) is 1. The maximum Gasteiger partial charge on any atom is 0.362 e. The summed E-state index contributed by atoms with van der Waals surface area (Å²) in [5.74, 6) is 0.662. The van der Waals surface area contributed by atoms with Gasteiger partial charge in [-0.3, -0.25) is 18.8 Å². The third kappa shape index (κ3) is 7.37. The third-order valence-corrected chi connectivity index (χ3v) is 8.00. The minimum atomic E-state index is -2.29. The molecule has 3 aromatic rings. The average Bonchev–Trinajstić information content (AvgIpc) is 2.90. The van der Waals surface area contributed by atoms with Crippen molar-refractivity contribution in [2.75, 3.05) is 51.3 Å². The molecule has 2 aromatic carbocycles. The number of hydrogen-bond acceptors (Lipinski definition) is 8. The summed E-state index contributed by atoms with van der Waals surface area (Å²) in [5, 5.41) is 2.05. The second kappa shape index (κ2) is 13.9. The number of halogens is 2. The maximum atomic E-state index is 12.6. The van der Waals surface area contributed by atoms with E-state index in [-0.39, 0.29) is 5.56 Å². The summed E-state index contributed by atoms with van der Waals surface area (Å²) in [7, 11) is -1.02. The van der Waals surface area contributed by atoms with Crippen molar-refractivity contribution in [3.8, 4) is 5.75 Å². The minimum absolute atomic E-state index is 0.263. The van der Waals surface area contributed by atoms with E-state index in [0.29, 0.717) is 27.9 Å². The Morgan fingerprint density at radius 3 is 2.58 bits per heavy atom. The van der Waals surface area contributed by atoms with Crippen LogP contribution in [0.1, 0.15) is 26.0 Å². The summed E-state index contributed by atoms with van der Waals surface area (Å²) in [6.07, 6.45) is 1.14. The molecule has 1 aromatic heterocycles. The second-order valence-corrected chi connectivity index (χ2v) is 10.5. The van der Waals surface area contributed by atoms with Crippen LogP contribution in [0.15, 0.2) is 53.3 Å². The summed E-state index contributed by atoms with van der Waals surface area (Å²) < 4.78 is 17.4. The summed E-state index contributed by atoms with van der Waals surface area (Å²) in [4.78, 5) is 31.5. The first-order valence-corrected chi connectivity index (χ1v) is 14.3. The molecule has 1 fully saturated rings. The average molecular weight is 584 g/mol. The van der Waals surface area contributed by atoms with Gasteiger partial charge < -0.3 is 14.5 Å². The van der Waals surface area contributed by atoms with Crippen LogP contribution in [0.4, 0.5) is 5.69 Å². The lowest BCUT2D eigenvalue weighted by molar-refractivity contribution is -0.191. The van der Waals surface area contributed by atoms with Crippen molar-refractivity contribution < 1.29 is 23.7 Å². The first-order valence-electron chi connectivity index (χ1n) is 12.4. The van der Waals surface area contributed by atoms with E-state index in [1.54, 1.807) is 13.0 Å². The second-order valence-electron chi connectivity index (χ2n) is 8.90. The number of pyridine rings is 1. The minimum Gasteiger partial charge on any atom is -0.494 e. The molecular formula is C26H32Cl2N3O6P. The number of rotatable bonds is 12. The predicted octanol–water partition coefficient (Wildman–Crippen LogP) is 5.62. The van der Waals surface area contributed by atoms with Crippen LogP contribution in [0, 0.1) is 0 Å². The normalized spacial score (nSPS) is 16.1. The number of ether oxygens (including phenoxy) is 1. The summed E-state index contributed by atoms with van der Waals surface area (Å²) in [5.41, 5.74) is 1.37. The van der Waals surface area contributed by atoms with Crippen molar-refractivity contribution in [1.29, 1.82) is 0 Å². The molecule has 2 unspecified atom stereocenters. The monoisotopic (exact) mass is 583 g/mol. The SMILES string of the molecule is COOP(O)OC(C)n1c(=O)ccc2ccc(OCCCCN3CCN(c4cccc(Cl)c4Cl)CC3)cc21. The van der Waals surface area contributed by atoms with Gasteiger partial charge in [0.05, 0.1) is 35.0 Å². The van der Waals surface area contributed by atoms with Crippen LogP contribution in [0.5, 0.6) is 5.75 Å². The molecule has 0 radical (unpaired) electrons. The van der Waals surface area contributed by atoms with E-state index in [1.807, 2.05) is 36.4 Å². The zero-order valence-corrected chi connectivity index (χ0v) is 23.8. The fraction of sp³-hybridized carbons (Fsp3) is 0.423. The fourth-order valence-electron chi connectivity index (χ4n) is 4.53. The molecule has 9 nitrogen and oxygen atoms in total. The van der Waals surface area contributed by atoms with E-state index in [1.165, 1.54) is 17.7 Å². The van der Waals surface area contributed by atoms with Gasteiger partial charge in [-0.15, -0.1) is 0 Å². The lowest BCUT2D eigenvalue weighted by Gasteiger charge is -2.36. The zero-order valence-electron chi connectivity index (χ0n) is 21.4. The highest BCUT2D eigenvalue weighted by atomic mass is 35.5. The molecule has 0 aliphatic carbocycles. The molecule has 1 saturated heterocycles. The van der Waals surface area contributed by atoms with Crippen molar-refractivity contribution in [3.05, 3.63) is 68.9 Å². The molecule has 38 heavy (non-hydrogen) atoms. The van der Waals surface area contributed by atoms with Gasteiger partial charge in [0, 0.05) is 38.3 Å². The van der Waals surface area contributed by atoms with Gasteiger partial charge in [0.15, 0.2) is 0 Å². The molecule has 206 valence electrons. The van der Waals surface area contributed by atoms with Crippen molar-refractivity contribution in [2.45, 2.75) is 26.0 Å². The molecule has 2 heterocycles. The number of nitrogens with zero attached hydrogens (tertiary/aromatic N) is 3. The standard InChI is InChI=1S/C26H32Cl2N3O6P/c1-19(36-38(33)37-34-2)31-24-18-21(10-8-20(24)9-11-25(31)32)35-17-4-3-12-29-13-15-30(16-14-29)23-7-5-6-22(27)26(23)28/h5-11,18-19,33H,3-4,12-17H2,1-2H3. The summed E-state index contributed by atoms with van der Waals surface area (Å²) >= 11 is 12.6. The van der Waals surface area contributed by atoms with E-state index in [2.05, 4.69) is 19.4 Å². The first-order chi connectivity index (χ1) is 18.4. The largest absolute Gasteiger partial charge is 0.494 e. The highest BCUT2D eigenvalue weighted by Crippen LogP contribution is 2.38. The smallest absolute Gasteiger partial charge is 0.362 e. The van der Waals surface area contributed by atoms with Crippen molar-refractivity contribution in [1.82, 2.24) is 9.47 Å². The number of anilines is 1. The molecule has 0 spiro atoms. The molecule has 2 atom stereocenters. The van der Waals surface area contributed by atoms with E-state index in [0.717, 1.165) is 56.6 Å². The van der Waals surface area contributed by atoms with Gasteiger partial charge in [-0.1, -0.05) is 29.3 Å². The Morgan fingerprint density at radius 1 is 1.05 bits per heavy atom. The topological polar surface area (TPSA) is 85.6 Å². The van der Waals surface area contributed by atoms with Crippen LogP contribution in [-0.2, 0) is 14.1 Å². The molecule has 1 N–H and O–H groups in total. The zero-order chi connectivity index (χ0) is 27.1. The highest BCUT2D eigenvalue weighted by Gasteiger charge is 2.20. The van der Waals surface area contributed by atoms with Crippen LogP contribution in [0.2, 0.25) is 10.0 Å². The summed E-state index contributed by atoms with van der Waals surface area (Å²) in [6.45, 7) is 6.98. The number of hydrogen-bond donors (Lipinski definition) is 1. The molecule has 4 rings (SSSR count). The molecular weight excluding hydrogens is 552 g/mol. The molecule has 1 aliphatic heterocycles. The van der Waals surface area contributed by atoms with Gasteiger partial charge in [-0.2, -0.15) is 4.67 Å². The maximum absolute atomic E-state index is 12.6. The van der Waals surface area contributed by atoms with Crippen molar-refractivity contribution in [2.24, 2.45) is 0 Å². The fourth-order valence-corrected chi connectivity index (χ4v) is 5.47. The highest BCUT2D eigenvalue weighted by molar-refractivity contribution is 7.40. The van der Waals surface area contributed by atoms with Crippen LogP contribution < -0.4 is 15.2 Å². The Bertz CT molecular complexity index is 1270. The Balaban J connectivity index is 1.26. The van der Waals surface area contributed by atoms with Crippen LogP contribution in [0.25, 0.3) is 10.9 Å². The van der Waals surface area contributed by atoms with Gasteiger partial charge in [0.25, 0.3) is 5.56 Å².